The van der Waals surface area contributed by atoms with Crippen LogP contribution in [0, 0.1) is 6.92 Å². The lowest BCUT2D eigenvalue weighted by Gasteiger charge is -2.49. The predicted octanol–water partition coefficient (Wildman–Crippen LogP) is 0.652. The lowest BCUT2D eigenvalue weighted by Crippen LogP contribution is -2.71. The maximum Gasteiger partial charge on any atom is 0.352 e. The van der Waals surface area contributed by atoms with E-state index in [0.29, 0.717) is 17.0 Å². The lowest BCUT2D eigenvalue weighted by molar-refractivity contribution is -0.150. The molecule has 0 saturated carbocycles. The molecule has 0 radical (unpaired) electrons. The smallest absolute Gasteiger partial charge is 0.352 e. The van der Waals surface area contributed by atoms with Crippen molar-refractivity contribution in [1.29, 1.82) is 0 Å². The first-order valence-corrected chi connectivity index (χ1v) is 11.0. The number of nitrogens with zero attached hydrogens (tertiary/aromatic N) is 4. The number of anilines is 1. The van der Waals surface area contributed by atoms with Crippen molar-refractivity contribution in [1.82, 2.24) is 20.4 Å². The summed E-state index contributed by atoms with van der Waals surface area (Å²) in [5, 5.41) is 29.1. The summed E-state index contributed by atoms with van der Waals surface area (Å²) in [6.45, 7) is 1.76. The Bertz CT molecular complexity index is 1200. The van der Waals surface area contributed by atoms with Crippen LogP contribution in [0.25, 0.3) is 6.08 Å². The summed E-state index contributed by atoms with van der Waals surface area (Å²) in [7, 11) is 0. The van der Waals surface area contributed by atoms with Gasteiger partial charge in [-0.3, -0.25) is 14.5 Å². The maximum atomic E-state index is 12.7. The Hall–Kier alpha value is -3.65. The second-order valence-electron chi connectivity index (χ2n) is 6.76. The number of carbonyl (C=O) groups is 3. The molecule has 0 spiro atoms. The summed E-state index contributed by atoms with van der Waals surface area (Å²) >= 11 is 2.35. The number of oxime groups is 1. The van der Waals surface area contributed by atoms with Crippen molar-refractivity contribution in [2.24, 2.45) is 5.16 Å². The Kier molecular flexibility index (Phi) is 5.71. The largest absolute Gasteiger partial charge is 0.477 e. The number of thiazole rings is 1. The van der Waals surface area contributed by atoms with Gasteiger partial charge in [0.2, 0.25) is 0 Å². The van der Waals surface area contributed by atoms with Crippen LogP contribution >= 0.6 is 23.1 Å². The Morgan fingerprint density at radius 1 is 1.44 bits per heavy atom. The van der Waals surface area contributed by atoms with Gasteiger partial charge in [0.1, 0.15) is 22.8 Å². The zero-order valence-electron chi connectivity index (χ0n) is 16.4. The number of fused-ring (bicyclic) bond motifs is 1. The molecule has 2 unspecified atom stereocenters. The van der Waals surface area contributed by atoms with Crippen LogP contribution in [-0.2, 0) is 14.4 Å². The van der Waals surface area contributed by atoms with Crippen LogP contribution in [0.4, 0.5) is 5.13 Å². The van der Waals surface area contributed by atoms with Gasteiger partial charge in [-0.1, -0.05) is 16.4 Å². The summed E-state index contributed by atoms with van der Waals surface area (Å²) in [4.78, 5) is 42.2. The number of amides is 2. The molecule has 5 N–H and O–H groups in total. The standard InChI is InChI=1S/C18H16N6O6S2/c1-7-4-9(30-23-7)3-2-8-5-31-16-12(15(26)24(16)13(8)17(27)28)21-14(25)11(22-29)10-6-32-18(19)20-10/h2-4,6,12,16,29H,5H2,1H3,(H2,19,20)(H,21,25)(H,27,28)/b3-2+,22-11-. The number of allylic oxidation sites excluding steroid dienone is 1. The summed E-state index contributed by atoms with van der Waals surface area (Å²) in [5.41, 5.74) is 6.13. The number of rotatable bonds is 6. The average molecular weight is 476 g/mol. The number of aliphatic carboxylic acids is 1. The number of carboxylic acid groups (broad SMARTS) is 1. The quantitative estimate of drug-likeness (QED) is 0.200. The molecular weight excluding hydrogens is 460 g/mol. The Labute approximate surface area is 188 Å². The minimum atomic E-state index is -1.27. The van der Waals surface area contributed by atoms with Crippen LogP contribution < -0.4 is 11.1 Å². The van der Waals surface area contributed by atoms with Gasteiger partial charge in [0.15, 0.2) is 16.6 Å². The van der Waals surface area contributed by atoms with Gasteiger partial charge in [-0.2, -0.15) is 0 Å². The topological polar surface area (TPSA) is 184 Å². The van der Waals surface area contributed by atoms with E-state index in [2.05, 4.69) is 20.6 Å². The third-order valence-corrected chi connectivity index (χ3v) is 6.64. The zero-order valence-corrected chi connectivity index (χ0v) is 18.0. The van der Waals surface area contributed by atoms with E-state index >= 15 is 0 Å². The van der Waals surface area contributed by atoms with Crippen molar-refractivity contribution in [3.8, 4) is 0 Å². The molecule has 2 aliphatic rings. The predicted molar refractivity (Wildman–Crippen MR) is 115 cm³/mol. The molecule has 0 bridgehead atoms. The molecule has 0 aromatic carbocycles. The minimum absolute atomic E-state index is 0.0635. The number of carboxylic acids is 1. The second-order valence-corrected chi connectivity index (χ2v) is 8.76. The molecule has 4 rings (SSSR count). The molecule has 12 nitrogen and oxygen atoms in total. The van der Waals surface area contributed by atoms with E-state index in [0.717, 1.165) is 16.2 Å². The highest BCUT2D eigenvalue weighted by Gasteiger charge is 2.54. The van der Waals surface area contributed by atoms with Crippen molar-refractivity contribution < 1.29 is 29.2 Å². The fourth-order valence-corrected chi connectivity index (χ4v) is 5.10. The molecule has 1 fully saturated rings. The number of thioether (sulfide) groups is 1. The Balaban J connectivity index is 1.52. The summed E-state index contributed by atoms with van der Waals surface area (Å²) < 4.78 is 5.08. The van der Waals surface area contributed by atoms with E-state index in [1.54, 1.807) is 25.1 Å². The average Bonchev–Trinajstić information content (AvgIpc) is 3.38. The molecule has 2 aliphatic heterocycles. The molecule has 14 heteroatoms. The molecule has 1 saturated heterocycles. The van der Waals surface area contributed by atoms with Crippen LogP contribution in [0.1, 0.15) is 17.1 Å². The van der Waals surface area contributed by atoms with Gasteiger partial charge in [0.05, 0.1) is 5.69 Å². The van der Waals surface area contributed by atoms with Crippen molar-refractivity contribution in [2.75, 3.05) is 11.5 Å². The van der Waals surface area contributed by atoms with Crippen molar-refractivity contribution in [2.45, 2.75) is 18.3 Å². The van der Waals surface area contributed by atoms with Crippen molar-refractivity contribution in [3.63, 3.8) is 0 Å². The molecule has 2 aromatic rings. The Morgan fingerprint density at radius 2 is 2.22 bits per heavy atom. The monoisotopic (exact) mass is 476 g/mol. The highest BCUT2D eigenvalue weighted by atomic mass is 32.2. The molecule has 0 aliphatic carbocycles. The van der Waals surface area contributed by atoms with Crippen LogP contribution in [-0.4, -0.2) is 66.0 Å². The van der Waals surface area contributed by atoms with Crippen LogP contribution in [0.15, 0.2) is 38.5 Å². The fraction of sp³-hybridized carbons (Fsp3) is 0.222. The maximum absolute atomic E-state index is 12.7. The third-order valence-electron chi connectivity index (χ3n) is 4.66. The first-order valence-electron chi connectivity index (χ1n) is 9.07. The Morgan fingerprint density at radius 3 is 2.81 bits per heavy atom. The second kappa shape index (κ2) is 8.47. The highest BCUT2D eigenvalue weighted by Crippen LogP contribution is 2.40. The van der Waals surface area contributed by atoms with E-state index in [1.165, 1.54) is 17.1 Å². The molecule has 4 heterocycles. The number of aryl methyl sites for hydroxylation is 1. The number of hydrogen-bond donors (Lipinski definition) is 4. The lowest BCUT2D eigenvalue weighted by atomic mass is 10.0. The highest BCUT2D eigenvalue weighted by molar-refractivity contribution is 8.00. The molecule has 2 amide bonds. The SMILES string of the molecule is Cc1cc(/C=C/C2=C(C(=O)O)N3C(=O)C(NC(=O)/C(=N\O)c4csc(N)n4)C3SC2)on1. The van der Waals surface area contributed by atoms with E-state index < -0.39 is 34.9 Å². The summed E-state index contributed by atoms with van der Waals surface area (Å²) in [6, 6.07) is 0.699. The number of nitrogens with two attached hydrogens (primary N) is 1. The van der Waals surface area contributed by atoms with Crippen LogP contribution in [0.2, 0.25) is 0 Å². The van der Waals surface area contributed by atoms with Gasteiger partial charge >= 0.3 is 5.97 Å². The molecule has 166 valence electrons. The van der Waals surface area contributed by atoms with Crippen molar-refractivity contribution in [3.05, 3.63) is 45.9 Å². The van der Waals surface area contributed by atoms with Gasteiger partial charge in [-0.25, -0.2) is 9.78 Å². The normalized spacial score (nSPS) is 21.0. The number of hydrogen-bond acceptors (Lipinski definition) is 11. The zero-order chi connectivity index (χ0) is 23.0. The van der Waals surface area contributed by atoms with Crippen LogP contribution in [0.5, 0.6) is 0 Å². The first-order chi connectivity index (χ1) is 15.3. The molecule has 2 aromatic heterocycles. The van der Waals surface area contributed by atoms with Gasteiger partial charge in [-0.15, -0.1) is 23.1 Å². The van der Waals surface area contributed by atoms with Crippen LogP contribution in [0.3, 0.4) is 0 Å². The molecular formula is C18H16N6O6S2. The summed E-state index contributed by atoms with van der Waals surface area (Å²) in [6.07, 6.45) is 3.14. The number of carbonyl (C=O) groups excluding carboxylic acids is 2. The van der Waals surface area contributed by atoms with Gasteiger partial charge in [0.25, 0.3) is 11.8 Å². The number of β-lactam (4-membered cyclic amide) rings is 1. The van der Waals surface area contributed by atoms with Crippen molar-refractivity contribution >= 4 is 57.8 Å². The van der Waals surface area contributed by atoms with E-state index in [4.69, 9.17) is 10.3 Å². The number of nitrogen functional groups attached to an aromatic ring is 1. The summed E-state index contributed by atoms with van der Waals surface area (Å²) in [5.74, 6) is -1.95. The van der Waals surface area contributed by atoms with Gasteiger partial charge in [-0.05, 0) is 18.6 Å². The third kappa shape index (κ3) is 3.85. The molecule has 32 heavy (non-hydrogen) atoms. The number of nitrogens with one attached hydrogen (secondary N) is 1. The minimum Gasteiger partial charge on any atom is -0.477 e. The van der Waals surface area contributed by atoms with E-state index in [1.807, 2.05) is 0 Å². The molecule has 2 atom stereocenters. The fourth-order valence-electron chi connectivity index (χ4n) is 3.23. The number of aromatic nitrogens is 2. The van der Waals surface area contributed by atoms with Gasteiger partial charge in [0, 0.05) is 17.2 Å². The van der Waals surface area contributed by atoms with E-state index in [9.17, 15) is 24.7 Å². The first kappa shape index (κ1) is 21.6. The van der Waals surface area contributed by atoms with E-state index in [-0.39, 0.29) is 22.3 Å². The van der Waals surface area contributed by atoms with Gasteiger partial charge < -0.3 is 25.9 Å².